The number of quaternary nitrogens is 1. The molecule has 0 atom stereocenters. The molecule has 0 spiro atoms. The Morgan fingerprint density at radius 2 is 1.91 bits per heavy atom. The van der Waals surface area contributed by atoms with Crippen LogP contribution in [-0.4, -0.2) is 36.8 Å². The summed E-state index contributed by atoms with van der Waals surface area (Å²) in [5, 5.41) is 8.38. The zero-order chi connectivity index (χ0) is 8.04. The third-order valence-corrected chi connectivity index (χ3v) is 1.33. The first kappa shape index (κ1) is 13.1. The summed E-state index contributed by atoms with van der Waals surface area (Å²) in [6.45, 7) is 5.41. The second-order valence-corrected chi connectivity index (χ2v) is 2.97. The molecule has 0 aliphatic heterocycles. The predicted molar refractivity (Wildman–Crippen MR) is 43.8 cm³/mol. The van der Waals surface area contributed by atoms with E-state index in [9.17, 15) is 0 Å². The molecule has 0 aromatic carbocycles. The van der Waals surface area contributed by atoms with Crippen molar-refractivity contribution >= 4 is 0 Å². The Morgan fingerprint density at radius 1 is 1.36 bits per heavy atom. The standard InChI is InChI=1S/C8H15NO.ClH/c1-4-6-9(2,3)7-5-8-10;/h4-5,8H,1,6-7H2,2-3H3;1H. The van der Waals surface area contributed by atoms with Crippen LogP contribution in [0, 0.1) is 0 Å². The molecule has 0 saturated heterocycles. The lowest BCUT2D eigenvalue weighted by molar-refractivity contribution is -0.878. The van der Waals surface area contributed by atoms with E-state index in [4.69, 9.17) is 5.11 Å². The van der Waals surface area contributed by atoms with Crippen molar-refractivity contribution in [3.8, 4) is 0 Å². The van der Waals surface area contributed by atoms with E-state index in [2.05, 4.69) is 20.7 Å². The molecule has 0 aromatic heterocycles. The topological polar surface area (TPSA) is 20.2 Å². The molecule has 11 heavy (non-hydrogen) atoms. The molecule has 3 heteroatoms. The van der Waals surface area contributed by atoms with E-state index in [1.807, 2.05) is 6.08 Å². The van der Waals surface area contributed by atoms with Gasteiger partial charge in [-0.05, 0) is 6.08 Å². The first-order valence-corrected chi connectivity index (χ1v) is 3.34. The van der Waals surface area contributed by atoms with Crippen LogP contribution in [0.25, 0.3) is 0 Å². The van der Waals surface area contributed by atoms with Crippen LogP contribution in [0.2, 0.25) is 0 Å². The number of rotatable bonds is 4. The molecule has 0 unspecified atom stereocenters. The third-order valence-electron chi connectivity index (χ3n) is 1.33. The summed E-state index contributed by atoms with van der Waals surface area (Å²) >= 11 is 0. The summed E-state index contributed by atoms with van der Waals surface area (Å²) in [6.07, 6.45) is 4.71. The molecular weight excluding hydrogens is 162 g/mol. The van der Waals surface area contributed by atoms with Crippen LogP contribution in [0.1, 0.15) is 0 Å². The maximum atomic E-state index is 8.38. The Balaban J connectivity index is 0. The lowest BCUT2D eigenvalue weighted by Crippen LogP contribution is -3.00. The van der Waals surface area contributed by atoms with Crippen molar-refractivity contribution in [3.63, 3.8) is 0 Å². The molecule has 0 aliphatic carbocycles. The Labute approximate surface area is 74.8 Å². The van der Waals surface area contributed by atoms with Crippen LogP contribution >= 0.6 is 0 Å². The van der Waals surface area contributed by atoms with Gasteiger partial charge in [0.25, 0.3) is 0 Å². The average Bonchev–Trinajstić information content (AvgIpc) is 1.84. The van der Waals surface area contributed by atoms with Gasteiger partial charge < -0.3 is 22.0 Å². The smallest absolute Gasteiger partial charge is 0.100 e. The molecule has 0 saturated carbocycles. The zero-order valence-corrected chi connectivity index (χ0v) is 7.88. The molecule has 0 fully saturated rings. The molecule has 0 heterocycles. The highest BCUT2D eigenvalue weighted by Crippen LogP contribution is 1.95. The van der Waals surface area contributed by atoms with E-state index in [1.54, 1.807) is 6.08 Å². The highest BCUT2D eigenvalue weighted by molar-refractivity contribution is 4.72. The SMILES string of the molecule is C=CC[N+](C)(C)CC=CO.[Cl-]. The van der Waals surface area contributed by atoms with E-state index in [-0.39, 0.29) is 12.4 Å². The van der Waals surface area contributed by atoms with Crippen molar-refractivity contribution in [1.29, 1.82) is 0 Å². The average molecular weight is 178 g/mol. The minimum Gasteiger partial charge on any atom is -1.00 e. The first-order chi connectivity index (χ1) is 4.62. The molecule has 0 bridgehead atoms. The maximum Gasteiger partial charge on any atom is 0.100 e. The van der Waals surface area contributed by atoms with Gasteiger partial charge in [-0.25, -0.2) is 0 Å². The lowest BCUT2D eigenvalue weighted by Gasteiger charge is -2.26. The molecule has 2 nitrogen and oxygen atoms in total. The van der Waals surface area contributed by atoms with Gasteiger partial charge in [-0.3, -0.25) is 0 Å². The fraction of sp³-hybridized carbons (Fsp3) is 0.500. The van der Waals surface area contributed by atoms with E-state index in [1.165, 1.54) is 0 Å². The third kappa shape index (κ3) is 7.43. The molecular formula is C8H16ClNO. The largest absolute Gasteiger partial charge is 1.00 e. The fourth-order valence-corrected chi connectivity index (χ4v) is 0.757. The monoisotopic (exact) mass is 177 g/mol. The van der Waals surface area contributed by atoms with Gasteiger partial charge in [-0.15, -0.1) is 0 Å². The zero-order valence-electron chi connectivity index (χ0n) is 7.13. The Morgan fingerprint density at radius 3 is 2.27 bits per heavy atom. The van der Waals surface area contributed by atoms with Crippen LogP contribution in [0.3, 0.4) is 0 Å². The van der Waals surface area contributed by atoms with Crippen LogP contribution < -0.4 is 12.4 Å². The quantitative estimate of drug-likeness (QED) is 0.309. The molecule has 0 rings (SSSR count). The summed E-state index contributed by atoms with van der Waals surface area (Å²) < 4.78 is 0.834. The van der Waals surface area contributed by atoms with E-state index < -0.39 is 0 Å². The van der Waals surface area contributed by atoms with E-state index >= 15 is 0 Å². The van der Waals surface area contributed by atoms with Gasteiger partial charge in [0.05, 0.1) is 26.9 Å². The van der Waals surface area contributed by atoms with Crippen molar-refractivity contribution in [2.75, 3.05) is 27.2 Å². The number of hydrogen-bond donors (Lipinski definition) is 1. The summed E-state index contributed by atoms with van der Waals surface area (Å²) in [5.74, 6) is 0. The summed E-state index contributed by atoms with van der Waals surface area (Å²) in [6, 6.07) is 0. The Kier molecular flexibility index (Phi) is 7.47. The van der Waals surface area contributed by atoms with Gasteiger partial charge in [0.2, 0.25) is 0 Å². The maximum absolute atomic E-state index is 8.38. The van der Waals surface area contributed by atoms with Gasteiger partial charge in [-0.2, -0.15) is 0 Å². The van der Waals surface area contributed by atoms with E-state index in [0.29, 0.717) is 0 Å². The van der Waals surface area contributed by atoms with Crippen molar-refractivity contribution in [2.45, 2.75) is 0 Å². The summed E-state index contributed by atoms with van der Waals surface area (Å²) in [4.78, 5) is 0. The van der Waals surface area contributed by atoms with E-state index in [0.717, 1.165) is 23.8 Å². The predicted octanol–water partition coefficient (Wildman–Crippen LogP) is -1.68. The summed E-state index contributed by atoms with van der Waals surface area (Å²) in [7, 11) is 4.17. The highest BCUT2D eigenvalue weighted by atomic mass is 35.5. The molecule has 0 aromatic rings. The second-order valence-electron chi connectivity index (χ2n) is 2.97. The highest BCUT2D eigenvalue weighted by Gasteiger charge is 2.08. The summed E-state index contributed by atoms with van der Waals surface area (Å²) in [5.41, 5.74) is 0. The number of hydrogen-bond acceptors (Lipinski definition) is 1. The fourth-order valence-electron chi connectivity index (χ4n) is 0.757. The first-order valence-electron chi connectivity index (χ1n) is 3.34. The van der Waals surface area contributed by atoms with Crippen molar-refractivity contribution in [1.82, 2.24) is 0 Å². The molecule has 1 N–H and O–H groups in total. The molecule has 0 radical (unpaired) electrons. The molecule has 0 amide bonds. The van der Waals surface area contributed by atoms with Crippen LogP contribution in [0.5, 0.6) is 0 Å². The van der Waals surface area contributed by atoms with Crippen molar-refractivity contribution in [2.24, 2.45) is 0 Å². The van der Waals surface area contributed by atoms with Crippen LogP contribution in [0.4, 0.5) is 0 Å². The minimum absolute atomic E-state index is 0. The Bertz CT molecular complexity index is 132. The number of aliphatic hydroxyl groups is 1. The molecule has 66 valence electrons. The van der Waals surface area contributed by atoms with Crippen LogP contribution in [-0.2, 0) is 0 Å². The number of aliphatic hydroxyl groups excluding tert-OH is 1. The number of halogens is 1. The van der Waals surface area contributed by atoms with Gasteiger partial charge in [-0.1, -0.05) is 6.58 Å². The van der Waals surface area contributed by atoms with Crippen LogP contribution in [0.15, 0.2) is 25.0 Å². The second kappa shape index (κ2) is 6.25. The number of nitrogens with zero attached hydrogens (tertiary/aromatic N) is 1. The van der Waals surface area contributed by atoms with Gasteiger partial charge in [0, 0.05) is 6.08 Å². The lowest BCUT2D eigenvalue weighted by atomic mass is 10.4. The van der Waals surface area contributed by atoms with Crippen molar-refractivity contribution < 1.29 is 22.0 Å². The van der Waals surface area contributed by atoms with Gasteiger partial charge >= 0.3 is 0 Å². The normalized spacial score (nSPS) is 11.1. The van der Waals surface area contributed by atoms with Crippen molar-refractivity contribution in [3.05, 3.63) is 25.0 Å². The van der Waals surface area contributed by atoms with Gasteiger partial charge in [0.15, 0.2) is 0 Å². The number of likely N-dealkylation sites (N-methyl/N-ethyl adjacent to an activating group) is 1. The van der Waals surface area contributed by atoms with Gasteiger partial charge in [0.1, 0.15) is 6.54 Å². The Hall–Kier alpha value is -0.470. The minimum atomic E-state index is 0. The molecule has 0 aliphatic rings.